The van der Waals surface area contributed by atoms with E-state index in [0.717, 1.165) is 0 Å². The fourth-order valence-electron chi connectivity index (χ4n) is 1.39. The van der Waals surface area contributed by atoms with Crippen molar-refractivity contribution in [2.45, 2.75) is 39.8 Å². The molecule has 0 saturated heterocycles. The molecule has 0 aromatic heterocycles. The molecule has 11 heavy (non-hydrogen) atoms. The Balaban J connectivity index is 3.93. The lowest BCUT2D eigenvalue weighted by molar-refractivity contribution is 0.701. The molecule has 0 N–H and O–H groups in total. The Bertz CT molecular complexity index is 143. The van der Waals surface area contributed by atoms with Crippen LogP contribution in [-0.4, -0.2) is 7.28 Å². The molecule has 0 aromatic rings. The van der Waals surface area contributed by atoms with Crippen LogP contribution in [0.2, 0.25) is 13.1 Å². The zero-order valence-electron chi connectivity index (χ0n) is 8.11. The predicted octanol–water partition coefficient (Wildman–Crippen LogP) is 3.04. The van der Waals surface area contributed by atoms with Crippen LogP contribution >= 0.6 is 0 Å². The first-order valence-corrected chi connectivity index (χ1v) is 4.65. The standard InChI is InChI=1S/C10H19B/c1-5-7-10(6-2)9(3)8-11-4/h9,11H,2,5,7-8H2,1,3-4H3. The van der Waals surface area contributed by atoms with Crippen molar-refractivity contribution in [1.82, 2.24) is 0 Å². The molecule has 0 amide bonds. The van der Waals surface area contributed by atoms with Crippen molar-refractivity contribution in [3.8, 4) is 0 Å². The van der Waals surface area contributed by atoms with Gasteiger partial charge in [-0.2, -0.15) is 0 Å². The highest BCUT2D eigenvalue weighted by Gasteiger charge is 2.05. The third-order valence-corrected chi connectivity index (χ3v) is 2.06. The summed E-state index contributed by atoms with van der Waals surface area (Å²) in [6.07, 6.45) is 3.66. The van der Waals surface area contributed by atoms with Crippen molar-refractivity contribution in [1.29, 1.82) is 0 Å². The summed E-state index contributed by atoms with van der Waals surface area (Å²) in [7, 11) is 1.26. The molecule has 0 aliphatic carbocycles. The lowest BCUT2D eigenvalue weighted by atomic mass is 9.70. The summed E-state index contributed by atoms with van der Waals surface area (Å²) in [4.78, 5) is 0. The zero-order chi connectivity index (χ0) is 8.69. The van der Waals surface area contributed by atoms with E-state index >= 15 is 0 Å². The van der Waals surface area contributed by atoms with Gasteiger partial charge in [-0.15, -0.1) is 5.73 Å². The van der Waals surface area contributed by atoms with Crippen molar-refractivity contribution in [2.24, 2.45) is 5.92 Å². The molecule has 0 radical (unpaired) electrons. The van der Waals surface area contributed by atoms with Gasteiger partial charge in [-0.1, -0.05) is 40.0 Å². The van der Waals surface area contributed by atoms with Crippen molar-refractivity contribution in [3.63, 3.8) is 0 Å². The van der Waals surface area contributed by atoms with Crippen LogP contribution < -0.4 is 0 Å². The second kappa shape index (κ2) is 6.31. The van der Waals surface area contributed by atoms with E-state index in [9.17, 15) is 0 Å². The Labute approximate surface area is 71.6 Å². The molecule has 0 spiro atoms. The van der Waals surface area contributed by atoms with Crippen LogP contribution in [0.15, 0.2) is 17.9 Å². The van der Waals surface area contributed by atoms with E-state index in [-0.39, 0.29) is 0 Å². The Morgan fingerprint density at radius 1 is 1.64 bits per heavy atom. The average molecular weight is 150 g/mol. The van der Waals surface area contributed by atoms with Crippen molar-refractivity contribution >= 4 is 7.28 Å². The van der Waals surface area contributed by atoms with Gasteiger partial charge < -0.3 is 0 Å². The molecule has 1 unspecified atom stereocenters. The first-order valence-electron chi connectivity index (χ1n) is 4.65. The first kappa shape index (κ1) is 10.6. The molecule has 1 heteroatoms. The maximum atomic E-state index is 3.72. The fraction of sp³-hybridized carbons (Fsp3) is 0.700. The number of rotatable bonds is 5. The molecule has 0 saturated carbocycles. The number of hydrogen-bond donors (Lipinski definition) is 0. The maximum absolute atomic E-state index is 3.72. The van der Waals surface area contributed by atoms with Gasteiger partial charge in [0.1, 0.15) is 7.28 Å². The highest BCUT2D eigenvalue weighted by Crippen LogP contribution is 2.18. The van der Waals surface area contributed by atoms with E-state index in [1.165, 1.54) is 32.0 Å². The molecular formula is C10H19B. The summed E-state index contributed by atoms with van der Waals surface area (Å²) < 4.78 is 0. The van der Waals surface area contributed by atoms with E-state index in [4.69, 9.17) is 0 Å². The van der Waals surface area contributed by atoms with Crippen LogP contribution in [0.25, 0.3) is 0 Å². The van der Waals surface area contributed by atoms with E-state index in [0.29, 0.717) is 5.92 Å². The summed E-state index contributed by atoms with van der Waals surface area (Å²) in [6.45, 7) is 10.4. The van der Waals surface area contributed by atoms with Crippen LogP contribution in [-0.2, 0) is 0 Å². The highest BCUT2D eigenvalue weighted by atomic mass is 14.1. The lowest BCUT2D eigenvalue weighted by Crippen LogP contribution is -2.00. The maximum Gasteiger partial charge on any atom is 0.118 e. The average Bonchev–Trinajstić information content (AvgIpc) is 2.00. The van der Waals surface area contributed by atoms with Crippen LogP contribution in [0.4, 0.5) is 0 Å². The molecule has 0 heterocycles. The van der Waals surface area contributed by atoms with Gasteiger partial charge in [0, 0.05) is 0 Å². The minimum Gasteiger partial charge on any atom is -0.129 e. The zero-order valence-corrected chi connectivity index (χ0v) is 8.11. The second-order valence-electron chi connectivity index (χ2n) is 3.14. The minimum absolute atomic E-state index is 0.692. The Morgan fingerprint density at radius 3 is 2.64 bits per heavy atom. The smallest absolute Gasteiger partial charge is 0.118 e. The summed E-state index contributed by atoms with van der Waals surface area (Å²) in [5.41, 5.74) is 4.47. The van der Waals surface area contributed by atoms with E-state index in [2.05, 4.69) is 33.0 Å². The molecular weight excluding hydrogens is 131 g/mol. The van der Waals surface area contributed by atoms with Crippen LogP contribution in [0.3, 0.4) is 0 Å². The first-order chi connectivity index (χ1) is 5.26. The largest absolute Gasteiger partial charge is 0.129 e. The third-order valence-electron chi connectivity index (χ3n) is 2.06. The highest BCUT2D eigenvalue weighted by molar-refractivity contribution is 6.33. The molecule has 62 valence electrons. The van der Waals surface area contributed by atoms with Gasteiger partial charge in [-0.25, -0.2) is 0 Å². The molecule has 0 aliphatic rings. The summed E-state index contributed by atoms with van der Waals surface area (Å²) in [6, 6.07) is 0. The molecule has 0 aromatic carbocycles. The Hall–Kier alpha value is -0.415. The predicted molar refractivity (Wildman–Crippen MR) is 54.5 cm³/mol. The fourth-order valence-corrected chi connectivity index (χ4v) is 1.39. The normalized spacial score (nSPS) is 11.9. The Kier molecular flexibility index (Phi) is 6.07. The Morgan fingerprint density at radius 2 is 2.27 bits per heavy atom. The SMILES string of the molecule is C=C=C(CCC)C(C)CBC. The second-order valence-corrected chi connectivity index (χ2v) is 3.14. The number of allylic oxidation sites excluding steroid dienone is 1. The van der Waals surface area contributed by atoms with E-state index in [1.807, 2.05) is 0 Å². The third kappa shape index (κ3) is 4.11. The lowest BCUT2D eigenvalue weighted by Gasteiger charge is -2.11. The summed E-state index contributed by atoms with van der Waals surface area (Å²) in [5, 5.41) is 0. The topological polar surface area (TPSA) is 0 Å². The summed E-state index contributed by atoms with van der Waals surface area (Å²) in [5.74, 6) is 0.692. The molecule has 0 fully saturated rings. The summed E-state index contributed by atoms with van der Waals surface area (Å²) >= 11 is 0. The van der Waals surface area contributed by atoms with Gasteiger partial charge in [0.2, 0.25) is 0 Å². The number of hydrogen-bond acceptors (Lipinski definition) is 0. The molecule has 0 rings (SSSR count). The van der Waals surface area contributed by atoms with Gasteiger partial charge in [-0.3, -0.25) is 0 Å². The van der Waals surface area contributed by atoms with Crippen molar-refractivity contribution in [3.05, 3.63) is 17.9 Å². The van der Waals surface area contributed by atoms with Gasteiger partial charge >= 0.3 is 0 Å². The van der Waals surface area contributed by atoms with Crippen LogP contribution in [0.5, 0.6) is 0 Å². The van der Waals surface area contributed by atoms with Crippen LogP contribution in [0.1, 0.15) is 26.7 Å². The minimum atomic E-state index is 0.692. The van der Waals surface area contributed by atoms with Crippen molar-refractivity contribution in [2.75, 3.05) is 0 Å². The molecule has 0 nitrogen and oxygen atoms in total. The van der Waals surface area contributed by atoms with Gasteiger partial charge in [0.15, 0.2) is 0 Å². The van der Waals surface area contributed by atoms with Crippen LogP contribution in [0, 0.1) is 5.92 Å². The molecule has 0 aliphatic heterocycles. The van der Waals surface area contributed by atoms with Crippen molar-refractivity contribution < 1.29 is 0 Å². The van der Waals surface area contributed by atoms with E-state index < -0.39 is 0 Å². The quantitative estimate of drug-likeness (QED) is 0.417. The van der Waals surface area contributed by atoms with Gasteiger partial charge in [0.25, 0.3) is 0 Å². The van der Waals surface area contributed by atoms with E-state index in [1.54, 1.807) is 0 Å². The molecule has 1 atom stereocenters. The molecule has 0 bridgehead atoms. The monoisotopic (exact) mass is 150 g/mol. The van der Waals surface area contributed by atoms with Gasteiger partial charge in [0.05, 0.1) is 0 Å². The van der Waals surface area contributed by atoms with Gasteiger partial charge in [-0.05, 0) is 17.9 Å².